The lowest BCUT2D eigenvalue weighted by atomic mass is 9.99. The fourth-order valence-electron chi connectivity index (χ4n) is 8.30. The van der Waals surface area contributed by atoms with E-state index in [1.165, 1.54) is 11.8 Å². The fraction of sp³-hybridized carbons (Fsp3) is 0.509. The number of nitrogens with two attached hydrogens (primary N) is 3. The van der Waals surface area contributed by atoms with E-state index in [1.807, 2.05) is 0 Å². The monoisotopic (exact) mass is 1150 g/mol. The SMILES string of the molecule is CSCC[C@H](NC(=O)[C@H](CC(C)C)NC(=O)[C@H](Cc1c[nH]c2ccccc12)NC(=O)[C@H](CCC(N)=O)NC(=O)[C@@H](NC(=O)[C@H](Cc1ccccc1)NC(=O)[C@@H](N)CC(=O)O)C(C)C)C(=O)N[C@@H](CC(N)=O)C(=O)N[C@H](C(=O)O)[C@@H](C)O. The van der Waals surface area contributed by atoms with E-state index in [0.717, 1.165) is 6.92 Å². The molecule has 0 unspecified atom stereocenters. The molecule has 3 rings (SSSR count). The van der Waals surface area contributed by atoms with Crippen molar-refractivity contribution < 1.29 is 72.9 Å². The first-order valence-electron chi connectivity index (χ1n) is 26.1. The number of carboxylic acids is 2. The largest absolute Gasteiger partial charge is 0.481 e. The van der Waals surface area contributed by atoms with Crippen LogP contribution >= 0.6 is 11.8 Å². The fourth-order valence-corrected chi connectivity index (χ4v) is 8.78. The van der Waals surface area contributed by atoms with Crippen molar-refractivity contribution in [3.63, 3.8) is 0 Å². The molecular weight excluding hydrogens is 1080 g/mol. The first-order valence-corrected chi connectivity index (χ1v) is 27.5. The van der Waals surface area contributed by atoms with Crippen molar-refractivity contribution in [1.29, 1.82) is 0 Å². The Morgan fingerprint density at radius 1 is 0.556 bits per heavy atom. The van der Waals surface area contributed by atoms with Gasteiger partial charge in [0.25, 0.3) is 0 Å². The van der Waals surface area contributed by atoms with Crippen molar-refractivity contribution in [2.45, 2.75) is 146 Å². The lowest BCUT2D eigenvalue weighted by Gasteiger charge is -2.29. The van der Waals surface area contributed by atoms with Gasteiger partial charge < -0.3 is 80.0 Å². The number of carboxylic acid groups (broad SMARTS) is 2. The summed E-state index contributed by atoms with van der Waals surface area (Å²) in [6, 6.07) is 1.69. The van der Waals surface area contributed by atoms with E-state index in [9.17, 15) is 72.9 Å². The summed E-state index contributed by atoms with van der Waals surface area (Å²) in [6.45, 7) is 7.75. The zero-order valence-electron chi connectivity index (χ0n) is 45.9. The van der Waals surface area contributed by atoms with Gasteiger partial charge in [0, 0.05) is 36.4 Å². The summed E-state index contributed by atoms with van der Waals surface area (Å²) in [5.41, 5.74) is 18.5. The molecule has 444 valence electrons. The number of hydrogen-bond acceptors (Lipinski definition) is 15. The van der Waals surface area contributed by atoms with Gasteiger partial charge in [-0.1, -0.05) is 76.2 Å². The molecule has 0 aliphatic carbocycles. The van der Waals surface area contributed by atoms with Gasteiger partial charge in [0.2, 0.25) is 59.1 Å². The minimum absolute atomic E-state index is 0.0323. The zero-order valence-corrected chi connectivity index (χ0v) is 46.8. The minimum atomic E-state index is -1.83. The highest BCUT2D eigenvalue weighted by Gasteiger charge is 2.37. The second-order valence-electron chi connectivity index (χ2n) is 20.2. The van der Waals surface area contributed by atoms with Gasteiger partial charge in [0.15, 0.2) is 6.04 Å². The zero-order chi connectivity index (χ0) is 60.7. The second-order valence-corrected chi connectivity index (χ2v) is 21.2. The highest BCUT2D eigenvalue weighted by atomic mass is 32.2. The van der Waals surface area contributed by atoms with Crippen molar-refractivity contribution >= 4 is 93.7 Å². The predicted octanol–water partition coefficient (Wildman–Crippen LogP) is -2.31. The van der Waals surface area contributed by atoms with Gasteiger partial charge in [-0.2, -0.15) is 11.8 Å². The number of benzene rings is 2. The molecule has 0 saturated carbocycles. The van der Waals surface area contributed by atoms with Crippen LogP contribution in [0.1, 0.15) is 84.3 Å². The second kappa shape index (κ2) is 32.8. The first kappa shape index (κ1) is 67.2. The van der Waals surface area contributed by atoms with Crippen LogP contribution in [-0.4, -0.2) is 164 Å². The summed E-state index contributed by atoms with van der Waals surface area (Å²) >= 11 is 1.29. The van der Waals surface area contributed by atoms with Gasteiger partial charge in [-0.15, -0.1) is 0 Å². The van der Waals surface area contributed by atoms with Gasteiger partial charge in [0.05, 0.1) is 25.0 Å². The number of fused-ring (bicyclic) bond motifs is 1. The Balaban J connectivity index is 2.00. The van der Waals surface area contributed by atoms with Crippen molar-refractivity contribution in [3.8, 4) is 0 Å². The summed E-state index contributed by atoms with van der Waals surface area (Å²) in [5, 5.41) is 49.3. The van der Waals surface area contributed by atoms with Crippen molar-refractivity contribution in [1.82, 2.24) is 47.5 Å². The van der Waals surface area contributed by atoms with Crippen LogP contribution in [-0.2, 0) is 70.4 Å². The van der Waals surface area contributed by atoms with Crippen molar-refractivity contribution in [2.75, 3.05) is 12.0 Å². The van der Waals surface area contributed by atoms with Crippen LogP contribution in [0.4, 0.5) is 0 Å². The van der Waals surface area contributed by atoms with Crippen LogP contribution in [0, 0.1) is 11.8 Å². The van der Waals surface area contributed by atoms with Crippen LogP contribution in [0.25, 0.3) is 10.9 Å². The standard InChI is InChI=1S/C53H76N12O15S/c1-26(2)20-36(48(74)58-35(18-19-81-6)47(73)63-39(24-41(56)68)51(77)65-44(28(5)66)53(79)80)61-49(75)38(22-30-25-57-33-15-11-10-14-31(30)33)62-46(72)34(16-17-40(55)67)59-52(78)43(27(3)4)64-50(76)37(21-29-12-8-7-9-13-29)60-45(71)32(54)23-42(69)70/h7-15,25-28,32,34-39,43-44,57,66H,16-24,54H2,1-6H3,(H2,55,67)(H2,56,68)(H,58,74)(H,59,78)(H,60,71)(H,61,75)(H,62,72)(H,63,73)(H,64,76)(H,65,77)(H,69,70)(H,79,80)/t28-,32+,34+,35+,36+,37+,38+,39+,43+,44+/m1/s1. The number of para-hydroxylation sites is 1. The molecule has 3 aromatic rings. The number of primary amides is 2. The topological polar surface area (TPSA) is 456 Å². The summed E-state index contributed by atoms with van der Waals surface area (Å²) in [4.78, 5) is 162. The first-order chi connectivity index (χ1) is 38.1. The van der Waals surface area contributed by atoms with Gasteiger partial charge >= 0.3 is 11.9 Å². The molecule has 2 aromatic carbocycles. The number of nitrogens with one attached hydrogen (secondary N) is 9. The molecule has 1 aromatic heterocycles. The van der Waals surface area contributed by atoms with E-state index in [0.29, 0.717) is 22.0 Å². The van der Waals surface area contributed by atoms with Crippen molar-refractivity contribution in [2.24, 2.45) is 29.0 Å². The Morgan fingerprint density at radius 3 is 1.62 bits per heavy atom. The lowest BCUT2D eigenvalue weighted by molar-refractivity contribution is -0.145. The summed E-state index contributed by atoms with van der Waals surface area (Å²) in [5.74, 6) is -13.3. The number of hydrogen-bond donors (Lipinski definition) is 15. The number of H-pyrrole nitrogens is 1. The Labute approximate surface area is 471 Å². The molecule has 0 fully saturated rings. The number of amides is 10. The maximum Gasteiger partial charge on any atom is 0.328 e. The third-order valence-electron chi connectivity index (χ3n) is 12.6. The average Bonchev–Trinajstić information content (AvgIpc) is 3.89. The molecule has 0 aliphatic rings. The summed E-state index contributed by atoms with van der Waals surface area (Å²) in [7, 11) is 0. The summed E-state index contributed by atoms with van der Waals surface area (Å²) < 4.78 is 0. The highest BCUT2D eigenvalue weighted by molar-refractivity contribution is 7.98. The average molecular weight is 1150 g/mol. The molecule has 28 heteroatoms. The minimum Gasteiger partial charge on any atom is -0.481 e. The molecule has 0 radical (unpaired) electrons. The van der Waals surface area contributed by atoms with Crippen LogP contribution in [0.15, 0.2) is 60.8 Å². The van der Waals surface area contributed by atoms with Crippen molar-refractivity contribution in [3.05, 3.63) is 71.9 Å². The Bertz CT molecular complexity index is 2710. The quantitative estimate of drug-likeness (QED) is 0.0294. The Hall–Kier alpha value is -8.11. The summed E-state index contributed by atoms with van der Waals surface area (Å²) in [6.07, 6.45) is -1.05. The van der Waals surface area contributed by atoms with Gasteiger partial charge in [0.1, 0.15) is 42.3 Å². The molecule has 0 aliphatic heterocycles. The Kier molecular flexibility index (Phi) is 27.2. The Morgan fingerprint density at radius 2 is 1.05 bits per heavy atom. The molecule has 10 atom stereocenters. The van der Waals surface area contributed by atoms with Crippen LogP contribution in [0.3, 0.4) is 0 Å². The highest BCUT2D eigenvalue weighted by Crippen LogP contribution is 2.20. The number of aromatic amines is 1. The number of carbonyl (C=O) groups excluding carboxylic acids is 10. The van der Waals surface area contributed by atoms with E-state index < -0.39 is 163 Å². The van der Waals surface area contributed by atoms with Crippen LogP contribution in [0.5, 0.6) is 0 Å². The van der Waals surface area contributed by atoms with Gasteiger partial charge in [-0.25, -0.2) is 4.79 Å². The van der Waals surface area contributed by atoms with Crippen LogP contribution in [0.2, 0.25) is 0 Å². The molecule has 0 bridgehead atoms. The van der Waals surface area contributed by atoms with E-state index >= 15 is 0 Å². The number of carbonyl (C=O) groups is 12. The third-order valence-corrected chi connectivity index (χ3v) is 13.3. The van der Waals surface area contributed by atoms with E-state index in [4.69, 9.17) is 17.2 Å². The van der Waals surface area contributed by atoms with Gasteiger partial charge in [-0.3, -0.25) is 52.7 Å². The molecule has 18 N–H and O–H groups in total. The molecule has 81 heavy (non-hydrogen) atoms. The number of rotatable bonds is 35. The van der Waals surface area contributed by atoms with E-state index in [1.54, 1.807) is 94.7 Å². The van der Waals surface area contributed by atoms with Gasteiger partial charge in [-0.05, 0) is 67.2 Å². The molecular formula is C53H76N12O15S. The van der Waals surface area contributed by atoms with Crippen LogP contribution < -0.4 is 59.7 Å². The molecule has 27 nitrogen and oxygen atoms in total. The molecule has 1 heterocycles. The number of aliphatic hydroxyl groups excluding tert-OH is 1. The third kappa shape index (κ3) is 22.5. The normalized spacial score (nSPS) is 14.9. The predicted molar refractivity (Wildman–Crippen MR) is 297 cm³/mol. The lowest BCUT2D eigenvalue weighted by Crippen LogP contribution is -2.61. The molecule has 10 amide bonds. The molecule has 0 spiro atoms. The maximum atomic E-state index is 14.7. The number of thioether (sulfide) groups is 1. The van der Waals surface area contributed by atoms with E-state index in [-0.39, 0.29) is 37.4 Å². The number of aliphatic carboxylic acids is 2. The smallest absolute Gasteiger partial charge is 0.328 e. The number of aliphatic hydroxyl groups is 1. The number of aromatic nitrogens is 1. The van der Waals surface area contributed by atoms with E-state index in [2.05, 4.69) is 47.5 Å². The maximum absolute atomic E-state index is 14.7. The molecule has 0 saturated heterocycles.